The molecule has 3 heteroatoms. The Bertz CT molecular complexity index is 158. The molecule has 1 aliphatic heterocycles. The molecule has 3 unspecified atom stereocenters. The topological polar surface area (TPSA) is 41.5 Å². The normalized spacial score (nSPS) is 37.4. The van der Waals surface area contributed by atoms with Crippen molar-refractivity contribution in [2.24, 2.45) is 0 Å². The van der Waals surface area contributed by atoms with Gasteiger partial charge in [-0.2, -0.15) is 0 Å². The zero-order valence-corrected chi connectivity index (χ0v) is 7.71. The third-order valence-corrected chi connectivity index (χ3v) is 2.22. The molecule has 0 aliphatic carbocycles. The van der Waals surface area contributed by atoms with E-state index in [0.717, 1.165) is 12.1 Å². The molecule has 1 rings (SSSR count). The predicted molar refractivity (Wildman–Crippen MR) is 48.0 cm³/mol. The maximum atomic E-state index is 9.44. The van der Waals surface area contributed by atoms with Crippen LogP contribution in [0.2, 0.25) is 0 Å². The highest BCUT2D eigenvalue weighted by atomic mass is 16.5. The van der Waals surface area contributed by atoms with Crippen LogP contribution in [0.5, 0.6) is 0 Å². The largest absolute Gasteiger partial charge is 0.389 e. The molecule has 70 valence electrons. The average molecular weight is 171 g/mol. The fourth-order valence-electron chi connectivity index (χ4n) is 1.16. The van der Waals surface area contributed by atoms with Crippen molar-refractivity contribution >= 4 is 0 Å². The van der Waals surface area contributed by atoms with Crippen LogP contribution >= 0.6 is 0 Å². The van der Waals surface area contributed by atoms with E-state index in [4.69, 9.17) is 4.74 Å². The van der Waals surface area contributed by atoms with Gasteiger partial charge in [0.05, 0.1) is 18.8 Å². The summed E-state index contributed by atoms with van der Waals surface area (Å²) in [6, 6.07) is 0.106. The Hall–Kier alpha value is -0.380. The lowest BCUT2D eigenvalue weighted by molar-refractivity contribution is 0.0196. The molecule has 3 atom stereocenters. The summed E-state index contributed by atoms with van der Waals surface area (Å²) in [4.78, 5) is 0. The molecule has 0 aromatic carbocycles. The van der Waals surface area contributed by atoms with E-state index in [1.807, 2.05) is 13.8 Å². The van der Waals surface area contributed by atoms with Crippen molar-refractivity contribution in [3.8, 4) is 0 Å². The molecule has 1 aliphatic rings. The van der Waals surface area contributed by atoms with Crippen LogP contribution < -0.4 is 5.32 Å². The number of hydrogen-bond donors (Lipinski definition) is 2. The van der Waals surface area contributed by atoms with Gasteiger partial charge in [0.15, 0.2) is 0 Å². The van der Waals surface area contributed by atoms with E-state index in [-0.39, 0.29) is 12.1 Å². The van der Waals surface area contributed by atoms with Gasteiger partial charge in [-0.1, -0.05) is 12.2 Å². The van der Waals surface area contributed by atoms with Crippen molar-refractivity contribution in [3.63, 3.8) is 0 Å². The minimum absolute atomic E-state index is 0.0459. The number of rotatable bonds is 1. The molecule has 0 aromatic rings. The molecule has 0 radical (unpaired) electrons. The Morgan fingerprint density at radius 2 is 2.33 bits per heavy atom. The second-order valence-corrected chi connectivity index (χ2v) is 3.43. The predicted octanol–water partition coefficient (Wildman–Crippen LogP) is 0.300. The Kier molecular flexibility index (Phi) is 3.26. The molecule has 1 fully saturated rings. The van der Waals surface area contributed by atoms with E-state index >= 15 is 0 Å². The Labute approximate surface area is 73.4 Å². The molecular formula is C9H17NO2. The van der Waals surface area contributed by atoms with Crippen LogP contribution in [0.1, 0.15) is 13.8 Å². The molecule has 12 heavy (non-hydrogen) atoms. The summed E-state index contributed by atoms with van der Waals surface area (Å²) in [5.41, 5.74) is 1.00. The monoisotopic (exact) mass is 171 g/mol. The van der Waals surface area contributed by atoms with E-state index in [0.29, 0.717) is 6.61 Å². The number of ether oxygens (including phenoxy) is 1. The minimum atomic E-state index is -0.408. The highest BCUT2D eigenvalue weighted by molar-refractivity contribution is 5.00. The molecule has 2 N–H and O–H groups in total. The highest BCUT2D eigenvalue weighted by Crippen LogP contribution is 2.09. The van der Waals surface area contributed by atoms with E-state index < -0.39 is 6.10 Å². The molecule has 0 saturated carbocycles. The zero-order valence-electron chi connectivity index (χ0n) is 7.71. The maximum Gasteiger partial charge on any atom is 0.0923 e. The van der Waals surface area contributed by atoms with Crippen molar-refractivity contribution in [3.05, 3.63) is 12.2 Å². The van der Waals surface area contributed by atoms with Gasteiger partial charge in [-0.05, 0) is 13.8 Å². The van der Waals surface area contributed by atoms with Gasteiger partial charge in [0, 0.05) is 12.6 Å². The van der Waals surface area contributed by atoms with Gasteiger partial charge in [0.25, 0.3) is 0 Å². The van der Waals surface area contributed by atoms with E-state index in [1.165, 1.54) is 0 Å². The molecule has 3 nitrogen and oxygen atoms in total. The maximum absolute atomic E-state index is 9.44. The molecule has 1 saturated heterocycles. The minimum Gasteiger partial charge on any atom is -0.389 e. The lowest BCUT2D eigenvalue weighted by Gasteiger charge is -2.14. The molecule has 0 aromatic heterocycles. The summed E-state index contributed by atoms with van der Waals surface area (Å²) in [7, 11) is 0. The van der Waals surface area contributed by atoms with Crippen molar-refractivity contribution in [1.82, 2.24) is 5.32 Å². The third-order valence-electron chi connectivity index (χ3n) is 2.22. The molecule has 0 amide bonds. The molecule has 1 heterocycles. The summed E-state index contributed by atoms with van der Waals surface area (Å²) in [5.74, 6) is 0. The van der Waals surface area contributed by atoms with Crippen molar-refractivity contribution < 1.29 is 9.84 Å². The standard InChI is InChI=1S/C9H17NO2/c1-6(2)9-4-10-7(3)8(11)5-12-9/h7-11H,1,4-5H2,2-3H3. The van der Waals surface area contributed by atoms with Crippen LogP contribution in [0.25, 0.3) is 0 Å². The van der Waals surface area contributed by atoms with Crippen molar-refractivity contribution in [1.29, 1.82) is 0 Å². The van der Waals surface area contributed by atoms with Gasteiger partial charge in [-0.3, -0.25) is 0 Å². The first-order valence-electron chi connectivity index (χ1n) is 4.29. The van der Waals surface area contributed by atoms with Gasteiger partial charge in [-0.25, -0.2) is 0 Å². The lowest BCUT2D eigenvalue weighted by Crippen LogP contribution is -2.38. The van der Waals surface area contributed by atoms with Crippen LogP contribution in [0, 0.1) is 0 Å². The molecule has 0 spiro atoms. The second kappa shape index (κ2) is 4.03. The van der Waals surface area contributed by atoms with Gasteiger partial charge >= 0.3 is 0 Å². The van der Waals surface area contributed by atoms with Gasteiger partial charge in [-0.15, -0.1) is 0 Å². The first-order chi connectivity index (χ1) is 5.61. The Morgan fingerprint density at radius 1 is 1.67 bits per heavy atom. The number of aliphatic hydroxyl groups excluding tert-OH is 1. The Balaban J connectivity index is 2.49. The van der Waals surface area contributed by atoms with Crippen LogP contribution in [-0.4, -0.2) is 36.5 Å². The number of nitrogens with one attached hydrogen (secondary N) is 1. The van der Waals surface area contributed by atoms with Crippen LogP contribution in [0.15, 0.2) is 12.2 Å². The van der Waals surface area contributed by atoms with Gasteiger partial charge in [0.2, 0.25) is 0 Å². The van der Waals surface area contributed by atoms with Gasteiger partial charge in [0.1, 0.15) is 0 Å². The zero-order chi connectivity index (χ0) is 9.14. The SMILES string of the molecule is C=C(C)C1CNC(C)C(O)CO1. The van der Waals surface area contributed by atoms with Gasteiger partial charge < -0.3 is 15.2 Å². The van der Waals surface area contributed by atoms with Crippen LogP contribution in [-0.2, 0) is 4.74 Å². The first kappa shape index (κ1) is 9.71. The van der Waals surface area contributed by atoms with Crippen LogP contribution in [0.3, 0.4) is 0 Å². The summed E-state index contributed by atoms with van der Waals surface area (Å²) in [6.07, 6.45) is -0.362. The fraction of sp³-hybridized carbons (Fsp3) is 0.778. The summed E-state index contributed by atoms with van der Waals surface area (Å²) in [6.45, 7) is 8.85. The smallest absolute Gasteiger partial charge is 0.0923 e. The average Bonchev–Trinajstić information content (AvgIpc) is 2.16. The number of hydrogen-bond acceptors (Lipinski definition) is 3. The molecular weight excluding hydrogens is 154 g/mol. The lowest BCUT2D eigenvalue weighted by atomic mass is 10.2. The second-order valence-electron chi connectivity index (χ2n) is 3.43. The summed E-state index contributed by atoms with van der Waals surface area (Å²) in [5, 5.41) is 12.6. The number of aliphatic hydroxyl groups is 1. The van der Waals surface area contributed by atoms with Crippen molar-refractivity contribution in [2.45, 2.75) is 32.1 Å². The summed E-state index contributed by atoms with van der Waals surface area (Å²) >= 11 is 0. The van der Waals surface area contributed by atoms with E-state index in [1.54, 1.807) is 0 Å². The quantitative estimate of drug-likeness (QED) is 0.558. The van der Waals surface area contributed by atoms with Crippen molar-refractivity contribution in [2.75, 3.05) is 13.2 Å². The van der Waals surface area contributed by atoms with E-state index in [2.05, 4.69) is 11.9 Å². The Morgan fingerprint density at radius 3 is 2.92 bits per heavy atom. The first-order valence-corrected chi connectivity index (χ1v) is 4.29. The molecule has 0 bridgehead atoms. The fourth-order valence-corrected chi connectivity index (χ4v) is 1.16. The van der Waals surface area contributed by atoms with Crippen LogP contribution in [0.4, 0.5) is 0 Å². The highest BCUT2D eigenvalue weighted by Gasteiger charge is 2.22. The van der Waals surface area contributed by atoms with E-state index in [9.17, 15) is 5.11 Å². The third kappa shape index (κ3) is 2.30. The summed E-state index contributed by atoms with van der Waals surface area (Å²) < 4.78 is 5.44.